The first-order chi connectivity index (χ1) is 7.27. The maximum Gasteiger partial charge on any atom is 0.185 e. The van der Waals surface area contributed by atoms with E-state index in [0.29, 0.717) is 0 Å². The SMILES string of the molecule is N=C(N)c1cnc(N2CCCCCC2)s1. The van der Waals surface area contributed by atoms with Gasteiger partial charge in [0.1, 0.15) is 5.84 Å². The van der Waals surface area contributed by atoms with Crippen molar-refractivity contribution in [2.24, 2.45) is 5.73 Å². The Labute approximate surface area is 93.6 Å². The van der Waals surface area contributed by atoms with Gasteiger partial charge in [-0.2, -0.15) is 0 Å². The molecule has 0 atom stereocenters. The minimum absolute atomic E-state index is 0.119. The number of nitrogens with one attached hydrogen (secondary N) is 1. The number of nitrogens with zero attached hydrogens (tertiary/aromatic N) is 2. The summed E-state index contributed by atoms with van der Waals surface area (Å²) in [5.41, 5.74) is 5.42. The lowest BCUT2D eigenvalue weighted by atomic mass is 10.2. The summed E-state index contributed by atoms with van der Waals surface area (Å²) in [4.78, 5) is 7.41. The van der Waals surface area contributed by atoms with Crippen molar-refractivity contribution in [3.8, 4) is 0 Å². The fourth-order valence-electron chi connectivity index (χ4n) is 1.80. The van der Waals surface area contributed by atoms with Crippen LogP contribution in [0.3, 0.4) is 0 Å². The molecule has 1 aliphatic heterocycles. The molecule has 1 aromatic heterocycles. The van der Waals surface area contributed by atoms with Crippen LogP contribution in [-0.2, 0) is 0 Å². The van der Waals surface area contributed by atoms with E-state index in [0.717, 1.165) is 23.1 Å². The predicted octanol–water partition coefficient (Wildman–Crippen LogP) is 1.81. The van der Waals surface area contributed by atoms with Gasteiger partial charge in [-0.15, -0.1) is 0 Å². The van der Waals surface area contributed by atoms with Crippen molar-refractivity contribution < 1.29 is 0 Å². The zero-order valence-electron chi connectivity index (χ0n) is 8.70. The summed E-state index contributed by atoms with van der Waals surface area (Å²) in [5.74, 6) is 0.119. The van der Waals surface area contributed by atoms with E-state index >= 15 is 0 Å². The van der Waals surface area contributed by atoms with Crippen LogP contribution < -0.4 is 10.6 Å². The van der Waals surface area contributed by atoms with Crippen LogP contribution in [0.5, 0.6) is 0 Å². The lowest BCUT2D eigenvalue weighted by Gasteiger charge is -2.18. The molecule has 0 bridgehead atoms. The number of nitrogen functional groups attached to an aromatic ring is 1. The number of rotatable bonds is 2. The summed E-state index contributed by atoms with van der Waals surface area (Å²) in [6, 6.07) is 0. The van der Waals surface area contributed by atoms with Gasteiger partial charge < -0.3 is 10.6 Å². The number of nitrogens with two attached hydrogens (primary N) is 1. The van der Waals surface area contributed by atoms with Gasteiger partial charge in [-0.05, 0) is 12.8 Å². The van der Waals surface area contributed by atoms with Crippen molar-refractivity contribution >= 4 is 22.3 Å². The molecule has 0 amide bonds. The number of hydrogen-bond donors (Lipinski definition) is 2. The van der Waals surface area contributed by atoms with Crippen LogP contribution >= 0.6 is 11.3 Å². The van der Waals surface area contributed by atoms with Crippen molar-refractivity contribution in [3.63, 3.8) is 0 Å². The molecule has 82 valence electrons. The third kappa shape index (κ3) is 2.47. The summed E-state index contributed by atoms with van der Waals surface area (Å²) >= 11 is 1.52. The molecule has 4 nitrogen and oxygen atoms in total. The summed E-state index contributed by atoms with van der Waals surface area (Å²) in [5, 5.41) is 8.35. The Hall–Kier alpha value is -1.10. The highest BCUT2D eigenvalue weighted by atomic mass is 32.1. The Morgan fingerprint density at radius 3 is 2.53 bits per heavy atom. The average molecular weight is 224 g/mol. The smallest absolute Gasteiger partial charge is 0.185 e. The lowest BCUT2D eigenvalue weighted by Crippen LogP contribution is -2.23. The Morgan fingerprint density at radius 1 is 1.33 bits per heavy atom. The molecule has 1 aliphatic rings. The molecule has 0 aliphatic carbocycles. The molecule has 5 heteroatoms. The quantitative estimate of drug-likeness (QED) is 0.594. The highest BCUT2D eigenvalue weighted by Gasteiger charge is 2.13. The van der Waals surface area contributed by atoms with Crippen LogP contribution in [0.15, 0.2) is 6.20 Å². The summed E-state index contributed by atoms with van der Waals surface area (Å²) in [6.45, 7) is 2.18. The average Bonchev–Trinajstić information content (AvgIpc) is 2.55. The van der Waals surface area contributed by atoms with E-state index in [9.17, 15) is 0 Å². The van der Waals surface area contributed by atoms with Gasteiger partial charge in [-0.3, -0.25) is 5.41 Å². The summed E-state index contributed by atoms with van der Waals surface area (Å²) in [7, 11) is 0. The van der Waals surface area contributed by atoms with Crippen molar-refractivity contribution in [2.75, 3.05) is 18.0 Å². The van der Waals surface area contributed by atoms with Crippen LogP contribution in [0.25, 0.3) is 0 Å². The Morgan fingerprint density at radius 2 is 2.00 bits per heavy atom. The van der Waals surface area contributed by atoms with Crippen molar-refractivity contribution in [1.29, 1.82) is 5.41 Å². The van der Waals surface area contributed by atoms with Crippen LogP contribution in [0.1, 0.15) is 30.6 Å². The largest absolute Gasteiger partial charge is 0.383 e. The van der Waals surface area contributed by atoms with Gasteiger partial charge in [0.15, 0.2) is 5.13 Å². The van der Waals surface area contributed by atoms with Crippen LogP contribution in [0.4, 0.5) is 5.13 Å². The molecule has 3 N–H and O–H groups in total. The second-order valence-corrected chi connectivity index (χ2v) is 4.83. The Bertz CT molecular complexity index is 339. The van der Waals surface area contributed by atoms with Gasteiger partial charge in [-0.25, -0.2) is 4.98 Å². The van der Waals surface area contributed by atoms with Gasteiger partial charge in [0.2, 0.25) is 0 Å². The molecular weight excluding hydrogens is 208 g/mol. The molecule has 1 fully saturated rings. The number of amidine groups is 1. The minimum atomic E-state index is 0.119. The van der Waals surface area contributed by atoms with Gasteiger partial charge >= 0.3 is 0 Å². The fraction of sp³-hybridized carbons (Fsp3) is 0.600. The number of anilines is 1. The number of hydrogen-bond acceptors (Lipinski definition) is 4. The second kappa shape index (κ2) is 4.61. The molecule has 2 heterocycles. The van der Waals surface area contributed by atoms with Gasteiger partial charge in [-0.1, -0.05) is 24.2 Å². The van der Waals surface area contributed by atoms with E-state index in [1.54, 1.807) is 6.20 Å². The summed E-state index contributed by atoms with van der Waals surface area (Å²) in [6.07, 6.45) is 6.83. The third-order valence-electron chi connectivity index (χ3n) is 2.64. The van der Waals surface area contributed by atoms with Crippen molar-refractivity contribution in [3.05, 3.63) is 11.1 Å². The van der Waals surface area contributed by atoms with E-state index in [-0.39, 0.29) is 5.84 Å². The molecule has 0 spiro atoms. The molecule has 1 saturated heterocycles. The second-order valence-electron chi connectivity index (χ2n) is 3.82. The van der Waals surface area contributed by atoms with E-state index in [4.69, 9.17) is 11.1 Å². The first-order valence-electron chi connectivity index (χ1n) is 5.32. The van der Waals surface area contributed by atoms with Gasteiger partial charge in [0, 0.05) is 13.1 Å². The minimum Gasteiger partial charge on any atom is -0.383 e. The Balaban J connectivity index is 2.10. The highest BCUT2D eigenvalue weighted by Crippen LogP contribution is 2.24. The van der Waals surface area contributed by atoms with Crippen LogP contribution in [0.2, 0.25) is 0 Å². The lowest BCUT2D eigenvalue weighted by molar-refractivity contribution is 0.726. The fourth-order valence-corrected chi connectivity index (χ4v) is 2.63. The van der Waals surface area contributed by atoms with E-state index < -0.39 is 0 Å². The topological polar surface area (TPSA) is 66.0 Å². The zero-order valence-corrected chi connectivity index (χ0v) is 9.52. The zero-order chi connectivity index (χ0) is 10.7. The maximum absolute atomic E-state index is 7.34. The van der Waals surface area contributed by atoms with Crippen molar-refractivity contribution in [2.45, 2.75) is 25.7 Å². The molecule has 0 radical (unpaired) electrons. The molecule has 0 saturated carbocycles. The maximum atomic E-state index is 7.34. The monoisotopic (exact) mass is 224 g/mol. The van der Waals surface area contributed by atoms with E-state index in [1.165, 1.54) is 37.0 Å². The number of aromatic nitrogens is 1. The number of thiazole rings is 1. The van der Waals surface area contributed by atoms with Gasteiger partial charge in [0.05, 0.1) is 11.1 Å². The van der Waals surface area contributed by atoms with Gasteiger partial charge in [0.25, 0.3) is 0 Å². The first kappa shape index (κ1) is 10.4. The van der Waals surface area contributed by atoms with E-state index in [2.05, 4.69) is 9.88 Å². The van der Waals surface area contributed by atoms with Crippen LogP contribution in [-0.4, -0.2) is 23.9 Å². The van der Waals surface area contributed by atoms with E-state index in [1.807, 2.05) is 0 Å². The van der Waals surface area contributed by atoms with Crippen molar-refractivity contribution in [1.82, 2.24) is 4.98 Å². The van der Waals surface area contributed by atoms with Crippen LogP contribution in [0, 0.1) is 5.41 Å². The molecular formula is C10H16N4S. The molecule has 0 aromatic carbocycles. The third-order valence-corrected chi connectivity index (χ3v) is 3.73. The normalized spacial score (nSPS) is 17.5. The standard InChI is InChI=1S/C10H16N4S/c11-9(12)8-7-13-10(15-8)14-5-3-1-2-4-6-14/h7H,1-6H2,(H3,11,12). The molecule has 0 unspecified atom stereocenters. The first-order valence-corrected chi connectivity index (χ1v) is 6.14. The Kier molecular flexibility index (Phi) is 3.20. The molecule has 15 heavy (non-hydrogen) atoms. The highest BCUT2D eigenvalue weighted by molar-refractivity contribution is 7.17. The molecule has 2 rings (SSSR count). The predicted molar refractivity (Wildman–Crippen MR) is 63.8 cm³/mol. The molecule has 1 aromatic rings. The summed E-state index contributed by atoms with van der Waals surface area (Å²) < 4.78 is 0.